The molecule has 21 heavy (non-hydrogen) atoms. The molecule has 0 aliphatic heterocycles. The number of benzene rings is 1. The fourth-order valence-corrected chi connectivity index (χ4v) is 2.94. The molecule has 1 aromatic carbocycles. The number of nitrogens with two attached hydrogens (primary N) is 1. The van der Waals surface area contributed by atoms with Gasteiger partial charge in [-0.25, -0.2) is 0 Å². The molecule has 2 unspecified atom stereocenters. The van der Waals surface area contributed by atoms with E-state index in [-0.39, 0.29) is 17.4 Å². The van der Waals surface area contributed by atoms with Gasteiger partial charge < -0.3 is 15.8 Å². The van der Waals surface area contributed by atoms with Crippen molar-refractivity contribution in [1.82, 2.24) is 0 Å². The average molecular weight is 290 g/mol. The van der Waals surface area contributed by atoms with Gasteiger partial charge in [0.2, 0.25) is 5.91 Å². The molecule has 2 atom stereocenters. The molecule has 0 heterocycles. The van der Waals surface area contributed by atoms with E-state index < -0.39 is 5.54 Å². The van der Waals surface area contributed by atoms with Crippen molar-refractivity contribution in [1.29, 1.82) is 0 Å². The maximum absolute atomic E-state index is 12.7. The minimum atomic E-state index is -0.886. The second-order valence-corrected chi connectivity index (χ2v) is 6.54. The zero-order chi connectivity index (χ0) is 15.8. The third-order valence-electron chi connectivity index (χ3n) is 5.09. The quantitative estimate of drug-likeness (QED) is 0.896. The third kappa shape index (κ3) is 2.47. The van der Waals surface area contributed by atoms with Gasteiger partial charge in [-0.15, -0.1) is 0 Å². The normalized spacial score (nSPS) is 27.0. The molecule has 0 spiro atoms. The van der Waals surface area contributed by atoms with Gasteiger partial charge in [-0.2, -0.15) is 0 Å². The topological polar surface area (TPSA) is 64.3 Å². The van der Waals surface area contributed by atoms with E-state index in [0.29, 0.717) is 13.0 Å². The van der Waals surface area contributed by atoms with Crippen molar-refractivity contribution in [2.75, 3.05) is 11.9 Å². The van der Waals surface area contributed by atoms with Crippen LogP contribution in [0.5, 0.6) is 0 Å². The molecular formula is C17H26N2O2. The summed E-state index contributed by atoms with van der Waals surface area (Å²) in [5, 5.41) is 2.99. The van der Waals surface area contributed by atoms with Crippen LogP contribution in [0.2, 0.25) is 0 Å². The largest absolute Gasteiger partial charge is 0.378 e. The predicted octanol–water partition coefficient (Wildman–Crippen LogP) is 2.77. The first-order chi connectivity index (χ1) is 9.74. The van der Waals surface area contributed by atoms with E-state index in [1.165, 1.54) is 0 Å². The highest BCUT2D eigenvalue weighted by Crippen LogP contribution is 2.50. The van der Waals surface area contributed by atoms with Crippen molar-refractivity contribution in [3.8, 4) is 0 Å². The number of aryl methyl sites for hydroxylation is 1. The van der Waals surface area contributed by atoms with Crippen LogP contribution in [-0.4, -0.2) is 24.2 Å². The summed E-state index contributed by atoms with van der Waals surface area (Å²) in [6.45, 7) is 10.6. The zero-order valence-electron chi connectivity index (χ0n) is 13.6. The van der Waals surface area contributed by atoms with Gasteiger partial charge in [0.25, 0.3) is 0 Å². The maximum atomic E-state index is 12.7. The first-order valence-electron chi connectivity index (χ1n) is 7.52. The molecule has 0 saturated heterocycles. The Bertz CT molecular complexity index is 554. The van der Waals surface area contributed by atoms with Crippen molar-refractivity contribution in [3.05, 3.63) is 29.3 Å². The van der Waals surface area contributed by atoms with Gasteiger partial charge in [0, 0.05) is 24.1 Å². The standard InChI is InChI=1S/C17H26N2O2/c1-6-21-14-10-17(18,16(14,4)5)15(20)19-13-9-7-8-11(2)12(13)3/h7-9,14H,6,10,18H2,1-5H3,(H,19,20). The van der Waals surface area contributed by atoms with E-state index in [2.05, 4.69) is 5.32 Å². The van der Waals surface area contributed by atoms with E-state index in [9.17, 15) is 4.79 Å². The highest BCUT2D eigenvalue weighted by atomic mass is 16.5. The molecule has 1 saturated carbocycles. The number of hydrogen-bond donors (Lipinski definition) is 2. The fraction of sp³-hybridized carbons (Fsp3) is 0.588. The van der Waals surface area contributed by atoms with Crippen LogP contribution in [0.1, 0.15) is 38.3 Å². The molecule has 4 heteroatoms. The van der Waals surface area contributed by atoms with Crippen LogP contribution < -0.4 is 11.1 Å². The number of carbonyl (C=O) groups is 1. The summed E-state index contributed by atoms with van der Waals surface area (Å²) < 4.78 is 5.67. The minimum absolute atomic E-state index is 0.0388. The van der Waals surface area contributed by atoms with Gasteiger partial charge in [-0.3, -0.25) is 4.79 Å². The molecular weight excluding hydrogens is 264 g/mol. The van der Waals surface area contributed by atoms with Gasteiger partial charge in [0.15, 0.2) is 0 Å². The molecule has 1 aliphatic carbocycles. The van der Waals surface area contributed by atoms with E-state index in [1.807, 2.05) is 52.8 Å². The Hall–Kier alpha value is -1.39. The Kier molecular flexibility index (Phi) is 4.13. The summed E-state index contributed by atoms with van der Waals surface area (Å²) in [5.74, 6) is -0.128. The molecule has 0 bridgehead atoms. The van der Waals surface area contributed by atoms with E-state index in [0.717, 1.165) is 16.8 Å². The number of amides is 1. The number of carbonyl (C=O) groups excluding carboxylic acids is 1. The van der Waals surface area contributed by atoms with Crippen molar-refractivity contribution in [2.24, 2.45) is 11.1 Å². The van der Waals surface area contributed by atoms with Crippen LogP contribution in [0.4, 0.5) is 5.69 Å². The lowest BCUT2D eigenvalue weighted by Crippen LogP contribution is -2.74. The maximum Gasteiger partial charge on any atom is 0.245 e. The molecule has 1 aliphatic rings. The first-order valence-corrected chi connectivity index (χ1v) is 7.52. The zero-order valence-corrected chi connectivity index (χ0v) is 13.6. The van der Waals surface area contributed by atoms with Crippen LogP contribution in [-0.2, 0) is 9.53 Å². The Morgan fingerprint density at radius 1 is 1.43 bits per heavy atom. The number of nitrogens with one attached hydrogen (secondary N) is 1. The first kappa shape index (κ1) is 16.0. The molecule has 3 N–H and O–H groups in total. The van der Waals surface area contributed by atoms with E-state index >= 15 is 0 Å². The van der Waals surface area contributed by atoms with Gasteiger partial charge in [-0.05, 0) is 38.0 Å². The molecule has 0 radical (unpaired) electrons. The summed E-state index contributed by atoms with van der Waals surface area (Å²) in [5.41, 5.74) is 8.19. The van der Waals surface area contributed by atoms with Crippen molar-refractivity contribution < 1.29 is 9.53 Å². The Morgan fingerprint density at radius 2 is 2.10 bits per heavy atom. The fourth-order valence-electron chi connectivity index (χ4n) is 2.94. The van der Waals surface area contributed by atoms with Gasteiger partial charge >= 0.3 is 0 Å². The van der Waals surface area contributed by atoms with Crippen LogP contribution >= 0.6 is 0 Å². The highest BCUT2D eigenvalue weighted by molar-refractivity contribution is 6.00. The summed E-state index contributed by atoms with van der Waals surface area (Å²) in [6, 6.07) is 5.88. The summed E-state index contributed by atoms with van der Waals surface area (Å²) >= 11 is 0. The summed E-state index contributed by atoms with van der Waals surface area (Å²) in [7, 11) is 0. The Balaban J connectivity index is 2.16. The molecule has 1 fully saturated rings. The smallest absolute Gasteiger partial charge is 0.245 e. The van der Waals surface area contributed by atoms with Crippen molar-refractivity contribution in [3.63, 3.8) is 0 Å². The lowest BCUT2D eigenvalue weighted by Gasteiger charge is -2.57. The number of ether oxygens (including phenoxy) is 1. The summed E-state index contributed by atoms with van der Waals surface area (Å²) in [6.07, 6.45) is 0.599. The molecule has 0 aromatic heterocycles. The Labute approximate surface area is 127 Å². The van der Waals surface area contributed by atoms with Crippen molar-refractivity contribution >= 4 is 11.6 Å². The van der Waals surface area contributed by atoms with Crippen molar-refractivity contribution in [2.45, 2.75) is 52.7 Å². The highest BCUT2D eigenvalue weighted by Gasteiger charge is 2.62. The summed E-state index contributed by atoms with van der Waals surface area (Å²) in [4.78, 5) is 12.7. The van der Waals surface area contributed by atoms with Crippen LogP contribution in [0.15, 0.2) is 18.2 Å². The molecule has 1 amide bonds. The second-order valence-electron chi connectivity index (χ2n) is 6.54. The average Bonchev–Trinajstić information content (AvgIpc) is 2.43. The molecule has 2 rings (SSSR count). The minimum Gasteiger partial charge on any atom is -0.378 e. The van der Waals surface area contributed by atoms with Crippen LogP contribution in [0.25, 0.3) is 0 Å². The van der Waals surface area contributed by atoms with Gasteiger partial charge in [-0.1, -0.05) is 26.0 Å². The monoisotopic (exact) mass is 290 g/mol. The lowest BCUT2D eigenvalue weighted by atomic mass is 9.54. The molecule has 4 nitrogen and oxygen atoms in total. The lowest BCUT2D eigenvalue weighted by molar-refractivity contribution is -0.166. The van der Waals surface area contributed by atoms with E-state index in [4.69, 9.17) is 10.5 Å². The van der Waals surface area contributed by atoms with E-state index in [1.54, 1.807) is 0 Å². The van der Waals surface area contributed by atoms with Crippen LogP contribution in [0.3, 0.4) is 0 Å². The number of hydrogen-bond acceptors (Lipinski definition) is 3. The molecule has 1 aromatic rings. The number of rotatable bonds is 4. The SMILES string of the molecule is CCOC1CC(N)(C(=O)Nc2cccc(C)c2C)C1(C)C. The van der Waals surface area contributed by atoms with Gasteiger partial charge in [0.1, 0.15) is 5.54 Å². The molecule has 116 valence electrons. The Morgan fingerprint density at radius 3 is 2.67 bits per heavy atom. The number of anilines is 1. The van der Waals surface area contributed by atoms with Gasteiger partial charge in [0.05, 0.1) is 6.10 Å². The second kappa shape index (κ2) is 5.43. The van der Waals surface area contributed by atoms with Crippen LogP contribution in [0, 0.1) is 19.3 Å². The predicted molar refractivity (Wildman–Crippen MR) is 85.3 cm³/mol. The third-order valence-corrected chi connectivity index (χ3v) is 5.09.